The molecule has 0 bridgehead atoms. The van der Waals surface area contributed by atoms with Crippen LogP contribution in [0, 0.1) is 0 Å². The lowest BCUT2D eigenvalue weighted by Gasteiger charge is -2.28. The summed E-state index contributed by atoms with van der Waals surface area (Å²) in [6.07, 6.45) is -0.301. The van der Waals surface area contributed by atoms with Crippen LogP contribution in [0.5, 0.6) is 17.2 Å². The summed E-state index contributed by atoms with van der Waals surface area (Å²) >= 11 is 0. The fourth-order valence-electron chi connectivity index (χ4n) is 3.86. The van der Waals surface area contributed by atoms with Crippen LogP contribution in [0.3, 0.4) is 0 Å². The van der Waals surface area contributed by atoms with Gasteiger partial charge in [-0.2, -0.15) is 0 Å². The maximum atomic E-state index is 13.3. The fraction of sp³-hybridized carbons (Fsp3) is 0.185. The van der Waals surface area contributed by atoms with E-state index in [2.05, 4.69) is 5.43 Å². The molecule has 3 aromatic carbocycles. The molecule has 1 aliphatic rings. The van der Waals surface area contributed by atoms with E-state index >= 15 is 0 Å². The molecule has 0 saturated carbocycles. The number of amides is 4. The van der Waals surface area contributed by atoms with Gasteiger partial charge in [-0.3, -0.25) is 24.6 Å². The molecule has 0 aromatic heterocycles. The second-order valence-corrected chi connectivity index (χ2v) is 8.00. The molecule has 1 unspecified atom stereocenters. The van der Waals surface area contributed by atoms with Gasteiger partial charge in [0.2, 0.25) is 5.91 Å². The second-order valence-electron chi connectivity index (χ2n) is 8.00. The van der Waals surface area contributed by atoms with Crippen molar-refractivity contribution in [2.75, 3.05) is 25.7 Å². The molecule has 10 nitrogen and oxygen atoms in total. The van der Waals surface area contributed by atoms with Gasteiger partial charge in [0.05, 0.1) is 26.3 Å². The summed E-state index contributed by atoms with van der Waals surface area (Å²) in [7, 11) is 2.96. The molecule has 1 N–H and O–H groups in total. The van der Waals surface area contributed by atoms with Crippen molar-refractivity contribution in [3.05, 3.63) is 84.4 Å². The van der Waals surface area contributed by atoms with E-state index in [4.69, 9.17) is 14.2 Å². The minimum absolute atomic E-state index is 0.276. The molecule has 0 spiro atoms. The topological polar surface area (TPSA) is 114 Å². The molecule has 4 rings (SSSR count). The molecule has 190 valence electrons. The molecule has 10 heteroatoms. The van der Waals surface area contributed by atoms with Gasteiger partial charge in [-0.1, -0.05) is 36.4 Å². The van der Waals surface area contributed by atoms with Gasteiger partial charge in [0.15, 0.2) is 18.1 Å². The quantitative estimate of drug-likeness (QED) is 0.371. The molecule has 1 aliphatic heterocycles. The highest BCUT2D eigenvalue weighted by molar-refractivity contribution is 6.23. The number of ether oxygens (including phenoxy) is 3. The third-order valence-corrected chi connectivity index (χ3v) is 5.69. The van der Waals surface area contributed by atoms with Crippen LogP contribution in [0.4, 0.5) is 5.69 Å². The Morgan fingerprint density at radius 3 is 2.22 bits per heavy atom. The number of nitrogens with one attached hydrogen (secondary N) is 1. The highest BCUT2D eigenvalue weighted by Gasteiger charge is 2.45. The van der Waals surface area contributed by atoms with E-state index in [9.17, 15) is 19.2 Å². The van der Waals surface area contributed by atoms with Crippen LogP contribution in [0.1, 0.15) is 16.8 Å². The van der Waals surface area contributed by atoms with Gasteiger partial charge >= 0.3 is 0 Å². The Morgan fingerprint density at radius 2 is 1.57 bits per heavy atom. The summed E-state index contributed by atoms with van der Waals surface area (Å²) in [4.78, 5) is 53.3. The number of hydrogen-bond acceptors (Lipinski definition) is 7. The van der Waals surface area contributed by atoms with Crippen molar-refractivity contribution in [1.82, 2.24) is 10.4 Å². The lowest BCUT2D eigenvalue weighted by atomic mass is 10.2. The standard InChI is InChI=1S/C27H25N3O7/c1-35-22-14-13-20(15-23(22)36-2)37-17-25(32)30(28-26(33)18-9-5-3-6-10-18)21-16-24(31)29(27(21)34)19-11-7-4-8-12-19/h3-15,21H,16-17H2,1-2H3,(H,28,33). The number of hydrazine groups is 1. The van der Waals surface area contributed by atoms with Gasteiger partial charge in [0, 0.05) is 11.6 Å². The van der Waals surface area contributed by atoms with E-state index < -0.39 is 36.3 Å². The number of anilines is 1. The van der Waals surface area contributed by atoms with Crippen LogP contribution in [0.15, 0.2) is 78.9 Å². The van der Waals surface area contributed by atoms with E-state index in [0.717, 1.165) is 9.91 Å². The van der Waals surface area contributed by atoms with Crippen molar-refractivity contribution < 1.29 is 33.4 Å². The molecule has 0 aliphatic carbocycles. The summed E-state index contributed by atoms with van der Waals surface area (Å²) in [6.45, 7) is -0.520. The van der Waals surface area contributed by atoms with E-state index in [1.165, 1.54) is 14.2 Å². The third kappa shape index (κ3) is 5.53. The number of carbonyl (C=O) groups is 4. The molecule has 0 radical (unpaired) electrons. The molecular weight excluding hydrogens is 478 g/mol. The molecule has 4 amide bonds. The molecule has 37 heavy (non-hydrogen) atoms. The molecule has 1 atom stereocenters. The molecule has 1 fully saturated rings. The van der Waals surface area contributed by atoms with E-state index in [1.807, 2.05) is 0 Å². The SMILES string of the molecule is COc1ccc(OCC(=O)N(NC(=O)c2ccccc2)C2CC(=O)N(c3ccccc3)C2=O)cc1OC. The summed E-state index contributed by atoms with van der Waals surface area (Å²) in [5, 5.41) is 0.874. The van der Waals surface area contributed by atoms with Gasteiger partial charge < -0.3 is 14.2 Å². The first-order valence-electron chi connectivity index (χ1n) is 11.4. The summed E-state index contributed by atoms with van der Waals surface area (Å²) in [5.74, 6) is -1.28. The predicted molar refractivity (Wildman–Crippen MR) is 133 cm³/mol. The van der Waals surface area contributed by atoms with Crippen molar-refractivity contribution in [2.45, 2.75) is 12.5 Å². The van der Waals surface area contributed by atoms with Crippen molar-refractivity contribution in [3.63, 3.8) is 0 Å². The zero-order valence-electron chi connectivity index (χ0n) is 20.2. The number of methoxy groups -OCH3 is 2. The number of nitrogens with zero attached hydrogens (tertiary/aromatic N) is 2. The summed E-state index contributed by atoms with van der Waals surface area (Å²) < 4.78 is 16.1. The average Bonchev–Trinajstić information content (AvgIpc) is 3.23. The average molecular weight is 504 g/mol. The number of para-hydroxylation sites is 1. The van der Waals surface area contributed by atoms with E-state index in [1.54, 1.807) is 78.9 Å². The minimum atomic E-state index is -1.25. The predicted octanol–water partition coefficient (Wildman–Crippen LogP) is 2.59. The van der Waals surface area contributed by atoms with Crippen LogP contribution in [-0.2, 0) is 14.4 Å². The normalized spacial score (nSPS) is 14.8. The number of benzene rings is 3. The fourth-order valence-corrected chi connectivity index (χ4v) is 3.86. The van der Waals surface area contributed by atoms with Crippen LogP contribution in [-0.4, -0.2) is 55.5 Å². The monoisotopic (exact) mass is 503 g/mol. The number of carbonyl (C=O) groups excluding carboxylic acids is 4. The van der Waals surface area contributed by atoms with Gasteiger partial charge in [-0.05, 0) is 36.4 Å². The highest BCUT2D eigenvalue weighted by Crippen LogP contribution is 2.31. The van der Waals surface area contributed by atoms with Crippen LogP contribution in [0.25, 0.3) is 0 Å². The van der Waals surface area contributed by atoms with E-state index in [-0.39, 0.29) is 12.0 Å². The second kappa shape index (κ2) is 11.3. The summed E-state index contributed by atoms with van der Waals surface area (Å²) in [5.41, 5.74) is 3.15. The van der Waals surface area contributed by atoms with Gasteiger partial charge in [0.1, 0.15) is 11.8 Å². The van der Waals surface area contributed by atoms with Gasteiger partial charge in [-0.15, -0.1) is 0 Å². The zero-order valence-corrected chi connectivity index (χ0v) is 20.2. The summed E-state index contributed by atoms with van der Waals surface area (Å²) in [6, 6.07) is 20.1. The maximum Gasteiger partial charge on any atom is 0.279 e. The molecular formula is C27H25N3O7. The number of imide groups is 1. The molecule has 1 heterocycles. The molecule has 3 aromatic rings. The molecule has 1 saturated heterocycles. The first-order chi connectivity index (χ1) is 17.9. The number of hydrogen-bond donors (Lipinski definition) is 1. The van der Waals surface area contributed by atoms with Crippen LogP contribution in [0.2, 0.25) is 0 Å². The maximum absolute atomic E-state index is 13.3. The zero-order chi connectivity index (χ0) is 26.4. The van der Waals surface area contributed by atoms with Crippen LogP contribution >= 0.6 is 0 Å². The van der Waals surface area contributed by atoms with Crippen molar-refractivity contribution in [1.29, 1.82) is 0 Å². The Balaban J connectivity index is 1.57. The van der Waals surface area contributed by atoms with Crippen molar-refractivity contribution in [2.24, 2.45) is 0 Å². The Labute approximate surface area is 213 Å². The smallest absolute Gasteiger partial charge is 0.279 e. The lowest BCUT2D eigenvalue weighted by Crippen LogP contribution is -2.56. The highest BCUT2D eigenvalue weighted by atomic mass is 16.5. The largest absolute Gasteiger partial charge is 0.493 e. The third-order valence-electron chi connectivity index (χ3n) is 5.69. The number of rotatable bonds is 8. The first-order valence-corrected chi connectivity index (χ1v) is 11.4. The van der Waals surface area contributed by atoms with Crippen LogP contribution < -0.4 is 24.5 Å². The van der Waals surface area contributed by atoms with Crippen molar-refractivity contribution in [3.8, 4) is 17.2 Å². The minimum Gasteiger partial charge on any atom is -0.493 e. The first kappa shape index (κ1) is 25.2. The Bertz CT molecular complexity index is 1300. The van der Waals surface area contributed by atoms with Gasteiger partial charge in [-0.25, -0.2) is 9.91 Å². The van der Waals surface area contributed by atoms with Gasteiger partial charge in [0.25, 0.3) is 17.7 Å². The Kier molecular flexibility index (Phi) is 7.68. The Morgan fingerprint density at radius 1 is 0.919 bits per heavy atom. The lowest BCUT2D eigenvalue weighted by molar-refractivity contribution is -0.142. The van der Waals surface area contributed by atoms with Crippen molar-refractivity contribution >= 4 is 29.3 Å². The Hall–Kier alpha value is -4.86. The van der Waals surface area contributed by atoms with E-state index in [0.29, 0.717) is 22.9 Å².